The van der Waals surface area contributed by atoms with Gasteiger partial charge in [0.2, 0.25) is 0 Å². The lowest BCUT2D eigenvalue weighted by Gasteiger charge is -2.33. The van der Waals surface area contributed by atoms with E-state index in [1.54, 1.807) is 0 Å². The Balaban J connectivity index is 1.69. The van der Waals surface area contributed by atoms with Crippen LogP contribution in [0.4, 0.5) is 0 Å². The molecule has 1 saturated heterocycles. The van der Waals surface area contributed by atoms with Gasteiger partial charge in [0, 0.05) is 19.6 Å². The number of carbonyl (C=O) groups excluding carboxylic acids is 1. The van der Waals surface area contributed by atoms with E-state index < -0.39 is 0 Å². The molecule has 8 heteroatoms. The van der Waals surface area contributed by atoms with Crippen molar-refractivity contribution in [1.82, 2.24) is 19.8 Å². The number of amides is 1. The van der Waals surface area contributed by atoms with Gasteiger partial charge in [0.25, 0.3) is 5.91 Å². The summed E-state index contributed by atoms with van der Waals surface area (Å²) in [4.78, 5) is 15.5. The maximum atomic E-state index is 12.6. The topological polar surface area (TPSA) is 80.5 Å². The second kappa shape index (κ2) is 8.55. The normalized spacial score (nSPS) is 16.7. The standard InChI is InChI=1S/C17H24N4O3S/c1-3-4-13-16(25-20-19-13)17(22)18-11-14(15-6-5-12(2)24-15)21-7-9-23-10-8-21/h5-6,14H,3-4,7-11H2,1-2H3,(H,18,22). The summed E-state index contributed by atoms with van der Waals surface area (Å²) in [5, 5.41) is 7.11. The van der Waals surface area contributed by atoms with Crippen LogP contribution in [0, 0.1) is 6.92 Å². The number of morpholine rings is 1. The lowest BCUT2D eigenvalue weighted by molar-refractivity contribution is 0.0117. The van der Waals surface area contributed by atoms with Crippen LogP contribution in [0.3, 0.4) is 0 Å². The summed E-state index contributed by atoms with van der Waals surface area (Å²) in [6.07, 6.45) is 1.71. The molecular formula is C17H24N4O3S. The average Bonchev–Trinajstić information content (AvgIpc) is 3.25. The van der Waals surface area contributed by atoms with E-state index in [0.29, 0.717) is 24.6 Å². The van der Waals surface area contributed by atoms with Crippen LogP contribution in [0.5, 0.6) is 0 Å². The fraction of sp³-hybridized carbons (Fsp3) is 0.588. The monoisotopic (exact) mass is 364 g/mol. The molecular weight excluding hydrogens is 340 g/mol. The Labute approximate surface area is 151 Å². The van der Waals surface area contributed by atoms with Gasteiger partial charge >= 0.3 is 0 Å². The van der Waals surface area contributed by atoms with Crippen molar-refractivity contribution in [3.63, 3.8) is 0 Å². The smallest absolute Gasteiger partial charge is 0.265 e. The summed E-state index contributed by atoms with van der Waals surface area (Å²) in [6.45, 7) is 7.52. The second-order valence-electron chi connectivity index (χ2n) is 6.12. The zero-order chi connectivity index (χ0) is 17.6. The first-order chi connectivity index (χ1) is 12.2. The highest BCUT2D eigenvalue weighted by Gasteiger charge is 2.26. The van der Waals surface area contributed by atoms with Crippen LogP contribution >= 0.6 is 11.5 Å². The van der Waals surface area contributed by atoms with E-state index in [1.165, 1.54) is 0 Å². The number of aromatic nitrogens is 2. The Morgan fingerprint density at radius 2 is 2.20 bits per heavy atom. The molecule has 1 fully saturated rings. The predicted octanol–water partition coefficient (Wildman–Crippen LogP) is 2.20. The molecule has 136 valence electrons. The van der Waals surface area contributed by atoms with E-state index in [0.717, 1.165) is 54.7 Å². The third kappa shape index (κ3) is 4.45. The fourth-order valence-electron chi connectivity index (χ4n) is 2.98. The van der Waals surface area contributed by atoms with Gasteiger partial charge in [-0.2, -0.15) is 0 Å². The molecule has 0 aliphatic carbocycles. The molecule has 1 amide bonds. The van der Waals surface area contributed by atoms with Crippen LogP contribution in [0.2, 0.25) is 0 Å². The molecule has 3 rings (SSSR count). The molecule has 1 N–H and O–H groups in total. The molecule has 1 aliphatic rings. The number of carbonyl (C=O) groups is 1. The summed E-state index contributed by atoms with van der Waals surface area (Å²) >= 11 is 1.15. The van der Waals surface area contributed by atoms with Crippen LogP contribution in [0.25, 0.3) is 0 Å². The lowest BCUT2D eigenvalue weighted by Crippen LogP contribution is -2.43. The van der Waals surface area contributed by atoms with E-state index >= 15 is 0 Å². The van der Waals surface area contributed by atoms with E-state index in [1.807, 2.05) is 19.1 Å². The van der Waals surface area contributed by atoms with Gasteiger partial charge in [-0.3, -0.25) is 9.69 Å². The maximum Gasteiger partial charge on any atom is 0.265 e. The first kappa shape index (κ1) is 18.0. The van der Waals surface area contributed by atoms with Gasteiger partial charge in [-0.15, -0.1) is 5.10 Å². The minimum absolute atomic E-state index is 0.00273. The van der Waals surface area contributed by atoms with Crippen LogP contribution in [-0.4, -0.2) is 53.2 Å². The highest BCUT2D eigenvalue weighted by atomic mass is 32.1. The third-order valence-corrected chi connectivity index (χ3v) is 5.05. The molecule has 0 aromatic carbocycles. The van der Waals surface area contributed by atoms with Crippen molar-refractivity contribution in [1.29, 1.82) is 0 Å². The van der Waals surface area contributed by atoms with Crippen LogP contribution in [0.1, 0.15) is 46.3 Å². The molecule has 0 saturated carbocycles. The van der Waals surface area contributed by atoms with Gasteiger partial charge in [-0.05, 0) is 37.0 Å². The van der Waals surface area contributed by atoms with Gasteiger partial charge in [-0.1, -0.05) is 17.8 Å². The van der Waals surface area contributed by atoms with Gasteiger partial charge in [0.1, 0.15) is 16.4 Å². The largest absolute Gasteiger partial charge is 0.465 e. The molecule has 1 atom stereocenters. The predicted molar refractivity (Wildman–Crippen MR) is 94.8 cm³/mol. The Hall–Kier alpha value is -1.77. The summed E-state index contributed by atoms with van der Waals surface area (Å²) < 4.78 is 15.2. The second-order valence-corrected chi connectivity index (χ2v) is 6.88. The Morgan fingerprint density at radius 1 is 1.40 bits per heavy atom. The fourth-order valence-corrected chi connectivity index (χ4v) is 3.61. The summed E-state index contributed by atoms with van der Waals surface area (Å²) in [6, 6.07) is 3.94. The number of aryl methyl sites for hydroxylation is 2. The van der Waals surface area contributed by atoms with Crippen molar-refractivity contribution in [2.24, 2.45) is 0 Å². The molecule has 2 aromatic heterocycles. The first-order valence-electron chi connectivity index (χ1n) is 8.66. The van der Waals surface area contributed by atoms with E-state index in [2.05, 4.69) is 26.7 Å². The Morgan fingerprint density at radius 3 is 2.88 bits per heavy atom. The number of hydrogen-bond acceptors (Lipinski definition) is 7. The van der Waals surface area contributed by atoms with Crippen molar-refractivity contribution in [2.75, 3.05) is 32.8 Å². The number of rotatable bonds is 7. The van der Waals surface area contributed by atoms with Crippen LogP contribution in [0.15, 0.2) is 16.5 Å². The number of furan rings is 1. The summed E-state index contributed by atoms with van der Waals surface area (Å²) in [5.41, 5.74) is 0.779. The molecule has 7 nitrogen and oxygen atoms in total. The Bertz CT molecular complexity index is 694. The van der Waals surface area contributed by atoms with Gasteiger partial charge in [-0.25, -0.2) is 0 Å². The highest BCUT2D eigenvalue weighted by molar-refractivity contribution is 7.08. The van der Waals surface area contributed by atoms with Crippen molar-refractivity contribution in [3.05, 3.63) is 34.2 Å². The molecule has 3 heterocycles. The molecule has 2 aromatic rings. The third-order valence-electron chi connectivity index (χ3n) is 4.28. The first-order valence-corrected chi connectivity index (χ1v) is 9.44. The lowest BCUT2D eigenvalue weighted by atomic mass is 10.1. The number of nitrogens with zero attached hydrogens (tertiary/aromatic N) is 3. The molecule has 0 bridgehead atoms. The molecule has 25 heavy (non-hydrogen) atoms. The highest BCUT2D eigenvalue weighted by Crippen LogP contribution is 2.23. The zero-order valence-electron chi connectivity index (χ0n) is 14.7. The van der Waals surface area contributed by atoms with Crippen LogP contribution in [-0.2, 0) is 11.2 Å². The van der Waals surface area contributed by atoms with Gasteiger partial charge < -0.3 is 14.5 Å². The minimum atomic E-state index is -0.111. The summed E-state index contributed by atoms with van der Waals surface area (Å²) in [5.74, 6) is 1.63. The maximum absolute atomic E-state index is 12.6. The van der Waals surface area contributed by atoms with Crippen molar-refractivity contribution in [2.45, 2.75) is 32.7 Å². The number of nitrogens with one attached hydrogen (secondary N) is 1. The zero-order valence-corrected chi connectivity index (χ0v) is 15.5. The number of ether oxygens (including phenoxy) is 1. The number of hydrogen-bond donors (Lipinski definition) is 1. The van der Waals surface area contributed by atoms with Crippen LogP contribution < -0.4 is 5.32 Å². The summed E-state index contributed by atoms with van der Waals surface area (Å²) in [7, 11) is 0. The van der Waals surface area contributed by atoms with E-state index in [9.17, 15) is 4.79 Å². The molecule has 0 spiro atoms. The Kier molecular flexibility index (Phi) is 6.17. The SMILES string of the molecule is CCCc1nnsc1C(=O)NCC(c1ccc(C)o1)N1CCOCC1. The van der Waals surface area contributed by atoms with Crippen molar-refractivity contribution >= 4 is 17.4 Å². The van der Waals surface area contributed by atoms with Gasteiger partial charge in [0.15, 0.2) is 0 Å². The molecule has 0 radical (unpaired) electrons. The molecule has 1 unspecified atom stereocenters. The quantitative estimate of drug-likeness (QED) is 0.811. The van der Waals surface area contributed by atoms with Crippen molar-refractivity contribution < 1.29 is 13.9 Å². The average molecular weight is 364 g/mol. The van der Waals surface area contributed by atoms with Crippen molar-refractivity contribution in [3.8, 4) is 0 Å². The van der Waals surface area contributed by atoms with Gasteiger partial charge in [0.05, 0.1) is 24.9 Å². The minimum Gasteiger partial charge on any atom is -0.465 e. The van der Waals surface area contributed by atoms with E-state index in [4.69, 9.17) is 9.15 Å². The van der Waals surface area contributed by atoms with E-state index in [-0.39, 0.29) is 11.9 Å². The molecule has 1 aliphatic heterocycles.